The van der Waals surface area contributed by atoms with Crippen LogP contribution in [0, 0.1) is 0 Å². The van der Waals surface area contributed by atoms with Gasteiger partial charge in [0.05, 0.1) is 63.7 Å². The van der Waals surface area contributed by atoms with Crippen molar-refractivity contribution in [2.24, 2.45) is 0 Å². The predicted octanol–water partition coefficient (Wildman–Crippen LogP) is 0.989. The number of likely N-dealkylation sites (N-methyl/N-ethyl adjacent to an activating group) is 1. The van der Waals surface area contributed by atoms with E-state index in [4.69, 9.17) is 4.74 Å². The highest BCUT2D eigenvalue weighted by Gasteiger charge is 2.21. The van der Waals surface area contributed by atoms with Crippen LogP contribution in [0.2, 0.25) is 0 Å². The lowest BCUT2D eigenvalue weighted by molar-refractivity contribution is -0.880. The topological polar surface area (TPSA) is 63.1 Å². The van der Waals surface area contributed by atoms with Crippen LogP contribution < -0.4 is 15.1 Å². The van der Waals surface area contributed by atoms with Gasteiger partial charge in [-0.3, -0.25) is 4.79 Å². The molecule has 6 nitrogen and oxygen atoms in total. The first-order chi connectivity index (χ1) is 13.1. The van der Waals surface area contributed by atoms with Gasteiger partial charge in [-0.05, 0) is 23.8 Å². The molecule has 1 amide bonds. The normalized spacial score (nSPS) is 14.7. The Morgan fingerprint density at radius 2 is 1.81 bits per heavy atom. The molecule has 2 aromatic rings. The first-order valence-electron chi connectivity index (χ1n) is 9.19. The molecule has 142 valence electrons. The number of ether oxygens (including phenoxy) is 1. The van der Waals surface area contributed by atoms with Gasteiger partial charge in [-0.25, -0.2) is 4.79 Å². The number of carbonyl (C=O) groups excluding carboxylic acids is 2. The molecule has 0 aromatic heterocycles. The van der Waals surface area contributed by atoms with Gasteiger partial charge in [0.15, 0.2) is 0 Å². The zero-order valence-electron chi connectivity index (χ0n) is 15.8. The second-order valence-corrected chi connectivity index (χ2v) is 6.88. The smallest absolute Gasteiger partial charge is 0.337 e. The Balaban J connectivity index is 1.83. The maximum Gasteiger partial charge on any atom is 0.337 e. The van der Waals surface area contributed by atoms with Crippen molar-refractivity contribution in [1.82, 2.24) is 0 Å². The third-order valence-corrected chi connectivity index (χ3v) is 4.86. The van der Waals surface area contributed by atoms with Crippen LogP contribution in [0.15, 0.2) is 48.5 Å². The molecule has 0 atom stereocenters. The van der Waals surface area contributed by atoms with Crippen LogP contribution in [0.4, 0.5) is 11.4 Å². The number of benzene rings is 2. The Morgan fingerprint density at radius 3 is 2.48 bits per heavy atom. The number of amides is 1. The number of hydrogen-bond acceptors (Lipinski definition) is 4. The zero-order valence-corrected chi connectivity index (χ0v) is 15.8. The van der Waals surface area contributed by atoms with Gasteiger partial charge in [0.1, 0.15) is 0 Å². The third kappa shape index (κ3) is 4.86. The molecule has 27 heavy (non-hydrogen) atoms. The molecule has 0 spiro atoms. The van der Waals surface area contributed by atoms with E-state index in [0.29, 0.717) is 11.3 Å². The van der Waals surface area contributed by atoms with Crippen molar-refractivity contribution < 1.29 is 19.2 Å². The molecular formula is C21H26N3O3+. The zero-order chi connectivity index (χ0) is 19.2. The van der Waals surface area contributed by atoms with Crippen LogP contribution in [0.3, 0.4) is 0 Å². The van der Waals surface area contributed by atoms with Crippen LogP contribution in [0.1, 0.15) is 15.9 Å². The minimum absolute atomic E-state index is 0.107. The quantitative estimate of drug-likeness (QED) is 0.773. The third-order valence-electron chi connectivity index (χ3n) is 4.86. The number of nitrogens with one attached hydrogen (secondary N) is 2. The van der Waals surface area contributed by atoms with Gasteiger partial charge in [-0.2, -0.15) is 0 Å². The molecule has 1 fully saturated rings. The van der Waals surface area contributed by atoms with E-state index in [0.717, 1.165) is 37.4 Å². The van der Waals surface area contributed by atoms with E-state index in [1.165, 1.54) is 12.0 Å². The van der Waals surface area contributed by atoms with Crippen molar-refractivity contribution in [2.75, 3.05) is 50.6 Å². The molecule has 1 saturated heterocycles. The number of piperazine rings is 1. The highest BCUT2D eigenvalue weighted by atomic mass is 16.5. The molecule has 1 aliphatic rings. The lowest BCUT2D eigenvalue weighted by atomic mass is 10.1. The van der Waals surface area contributed by atoms with Gasteiger partial charge in [-0.1, -0.05) is 30.3 Å². The summed E-state index contributed by atoms with van der Waals surface area (Å²) < 4.78 is 4.82. The molecule has 2 aromatic carbocycles. The Kier molecular flexibility index (Phi) is 6.08. The maximum absolute atomic E-state index is 12.6. The highest BCUT2D eigenvalue weighted by Crippen LogP contribution is 2.28. The summed E-state index contributed by atoms with van der Waals surface area (Å²) in [7, 11) is 3.54. The van der Waals surface area contributed by atoms with Crippen LogP contribution >= 0.6 is 0 Å². The van der Waals surface area contributed by atoms with E-state index in [-0.39, 0.29) is 12.3 Å². The Labute approximate surface area is 159 Å². The molecule has 0 aliphatic carbocycles. The molecule has 1 aliphatic heterocycles. The molecular weight excluding hydrogens is 342 g/mol. The minimum atomic E-state index is -0.414. The van der Waals surface area contributed by atoms with Gasteiger partial charge < -0.3 is 19.9 Å². The number of rotatable bonds is 5. The predicted molar refractivity (Wildman–Crippen MR) is 105 cm³/mol. The summed E-state index contributed by atoms with van der Waals surface area (Å²) in [5.41, 5.74) is 2.97. The first kappa shape index (κ1) is 18.9. The van der Waals surface area contributed by atoms with E-state index in [2.05, 4.69) is 17.3 Å². The van der Waals surface area contributed by atoms with Crippen molar-refractivity contribution in [2.45, 2.75) is 6.42 Å². The summed E-state index contributed by atoms with van der Waals surface area (Å²) in [5, 5.41) is 2.99. The number of methoxy groups -OCH3 is 1. The summed E-state index contributed by atoms with van der Waals surface area (Å²) in [6.45, 7) is 3.89. The Morgan fingerprint density at radius 1 is 1.11 bits per heavy atom. The molecule has 1 heterocycles. The molecule has 6 heteroatoms. The maximum atomic E-state index is 12.6. The molecule has 0 bridgehead atoms. The van der Waals surface area contributed by atoms with E-state index in [9.17, 15) is 9.59 Å². The van der Waals surface area contributed by atoms with Gasteiger partial charge in [-0.15, -0.1) is 0 Å². The first-order valence-corrected chi connectivity index (χ1v) is 9.19. The van der Waals surface area contributed by atoms with Gasteiger partial charge in [0, 0.05) is 0 Å². The number of hydrogen-bond donors (Lipinski definition) is 2. The Hall–Kier alpha value is -2.86. The average molecular weight is 368 g/mol. The molecule has 2 N–H and O–H groups in total. The lowest BCUT2D eigenvalue weighted by Gasteiger charge is -2.33. The van der Waals surface area contributed by atoms with E-state index >= 15 is 0 Å². The summed E-state index contributed by atoms with van der Waals surface area (Å²) in [6.07, 6.45) is 0.287. The minimum Gasteiger partial charge on any atom is -0.465 e. The number of esters is 1. The van der Waals surface area contributed by atoms with E-state index in [1.54, 1.807) is 12.1 Å². The van der Waals surface area contributed by atoms with Crippen LogP contribution in [-0.4, -0.2) is 52.2 Å². The van der Waals surface area contributed by atoms with Crippen molar-refractivity contribution >= 4 is 23.3 Å². The second-order valence-electron chi connectivity index (χ2n) is 6.88. The summed E-state index contributed by atoms with van der Waals surface area (Å²) in [4.78, 5) is 28.2. The largest absolute Gasteiger partial charge is 0.465 e. The fourth-order valence-corrected chi connectivity index (χ4v) is 3.26. The van der Waals surface area contributed by atoms with E-state index < -0.39 is 5.97 Å². The van der Waals surface area contributed by atoms with Crippen molar-refractivity contribution in [3.05, 3.63) is 59.7 Å². The van der Waals surface area contributed by atoms with Crippen LogP contribution in [-0.2, 0) is 16.0 Å². The lowest BCUT2D eigenvalue weighted by Crippen LogP contribution is -3.12. The monoisotopic (exact) mass is 368 g/mol. The van der Waals surface area contributed by atoms with Crippen molar-refractivity contribution in [1.29, 1.82) is 0 Å². The fraction of sp³-hybridized carbons (Fsp3) is 0.333. The number of quaternary nitrogens is 1. The second kappa shape index (κ2) is 8.68. The van der Waals surface area contributed by atoms with Crippen molar-refractivity contribution in [3.63, 3.8) is 0 Å². The highest BCUT2D eigenvalue weighted by molar-refractivity contribution is 5.98. The van der Waals surface area contributed by atoms with E-state index in [1.807, 2.05) is 36.4 Å². The van der Waals surface area contributed by atoms with Crippen molar-refractivity contribution in [3.8, 4) is 0 Å². The average Bonchev–Trinajstić information content (AvgIpc) is 2.69. The fourth-order valence-electron chi connectivity index (χ4n) is 3.26. The standard InChI is InChI=1S/C21H25N3O3/c1-23-10-12-24(13-11-23)19-9-8-17(21(26)27-2)15-18(19)22-20(25)14-16-6-4-3-5-7-16/h3-9,15H,10-14H2,1-2H3,(H,22,25)/p+1. The number of carbonyl (C=O) groups is 2. The van der Waals surface area contributed by atoms with Gasteiger partial charge in [0.2, 0.25) is 5.91 Å². The molecule has 0 radical (unpaired) electrons. The Bertz CT molecular complexity index is 800. The van der Waals surface area contributed by atoms with Crippen LogP contribution in [0.25, 0.3) is 0 Å². The number of nitrogens with zero attached hydrogens (tertiary/aromatic N) is 1. The van der Waals surface area contributed by atoms with Gasteiger partial charge in [0.25, 0.3) is 0 Å². The SMILES string of the molecule is COC(=O)c1ccc(N2CC[NH+](C)CC2)c(NC(=O)Cc2ccccc2)c1. The molecule has 3 rings (SSSR count). The van der Waals surface area contributed by atoms with Gasteiger partial charge >= 0.3 is 5.97 Å². The summed E-state index contributed by atoms with van der Waals surface area (Å²) in [6, 6.07) is 15.0. The summed E-state index contributed by atoms with van der Waals surface area (Å²) in [5.74, 6) is -0.521. The molecule has 0 unspecified atom stereocenters. The summed E-state index contributed by atoms with van der Waals surface area (Å²) >= 11 is 0. The molecule has 0 saturated carbocycles. The number of anilines is 2. The van der Waals surface area contributed by atoms with Crippen LogP contribution in [0.5, 0.6) is 0 Å².